The maximum Gasteiger partial charge on any atom is 0.692 e. The van der Waals surface area contributed by atoms with E-state index in [1.165, 1.54) is 0 Å². The third kappa shape index (κ3) is 6.15. The number of hydrogen-bond acceptors (Lipinski definition) is 2. The Morgan fingerprint density at radius 2 is 1.16 bits per heavy atom. The summed E-state index contributed by atoms with van der Waals surface area (Å²) < 4.78 is 8.70. The number of phenolic OH excluding ortho intramolecular Hbond substituents is 1. The fraction of sp³-hybridized carbons (Fsp3) is 0.571. The van der Waals surface area contributed by atoms with Crippen LogP contribution in [0.25, 0.3) is 0 Å². The van der Waals surface area contributed by atoms with Crippen molar-refractivity contribution in [3.05, 3.63) is 29.3 Å². The van der Waals surface area contributed by atoms with Gasteiger partial charge in [-0.15, -0.1) is 9.79 Å². The molecule has 0 aliphatic heterocycles. The molecule has 4 nitrogen and oxygen atoms in total. The number of para-hydroxylation sites is 1. The Labute approximate surface area is 116 Å². The van der Waals surface area contributed by atoms with Crippen LogP contribution in [-0.4, -0.2) is 14.9 Å². The second kappa shape index (κ2) is 6.47. The van der Waals surface area contributed by atoms with Gasteiger partial charge in [0.15, 0.2) is 0 Å². The molecule has 0 fully saturated rings. The molecule has 0 unspecified atom stereocenters. The molecule has 0 radical (unpaired) electrons. The molecule has 0 aromatic heterocycles. The van der Waals surface area contributed by atoms with Gasteiger partial charge in [0.1, 0.15) is 5.75 Å². The molecule has 0 amide bonds. The second-order valence-electron chi connectivity index (χ2n) is 6.45. The molecule has 1 rings (SSSR count). The van der Waals surface area contributed by atoms with Crippen LogP contribution < -0.4 is 0 Å². The minimum absolute atomic E-state index is 0.00859. The van der Waals surface area contributed by atoms with E-state index < -0.39 is 8.25 Å². The highest BCUT2D eigenvalue weighted by molar-refractivity contribution is 7.30. The van der Waals surface area contributed by atoms with Gasteiger partial charge in [-0.2, -0.15) is 0 Å². The Morgan fingerprint density at radius 1 is 0.895 bits per heavy atom. The summed E-state index contributed by atoms with van der Waals surface area (Å²) in [5.41, 5.74) is 2.03. The van der Waals surface area contributed by atoms with Crippen LogP contribution in [0.15, 0.2) is 18.2 Å². The van der Waals surface area contributed by atoms with Gasteiger partial charge in [0.2, 0.25) is 0 Å². The molecular weight excluding hydrogens is 263 g/mol. The van der Waals surface area contributed by atoms with Crippen LogP contribution in [0, 0.1) is 0 Å². The first-order chi connectivity index (χ1) is 8.37. The van der Waals surface area contributed by atoms with Crippen molar-refractivity contribution in [2.45, 2.75) is 52.4 Å². The Hall–Kier alpha value is -0.960. The van der Waals surface area contributed by atoms with Gasteiger partial charge < -0.3 is 5.11 Å². The standard InChI is InChI=1S/C14H22O.HO3P/c1-13(2,3)10-8-7-9-11(12(10)15)14(4,5)6;1-4(2)3/h7-9,15H,1-6H3;(H-,1,2,3)/p+1. The monoisotopic (exact) mass is 287 g/mol. The summed E-state index contributed by atoms with van der Waals surface area (Å²) in [4.78, 5) is 14.2. The highest BCUT2D eigenvalue weighted by Gasteiger charge is 2.24. The zero-order valence-corrected chi connectivity index (χ0v) is 13.3. The van der Waals surface area contributed by atoms with Gasteiger partial charge in [-0.1, -0.05) is 59.7 Å². The maximum atomic E-state index is 10.3. The quantitative estimate of drug-likeness (QED) is 0.637. The van der Waals surface area contributed by atoms with Gasteiger partial charge in [-0.3, -0.25) is 0 Å². The lowest BCUT2D eigenvalue weighted by Gasteiger charge is -2.26. The number of phenols is 1. The SMILES string of the molecule is CC(C)(C)c1cccc(C(C)(C)C)c1O.O=[P+](O)O. The van der Waals surface area contributed by atoms with Crippen LogP contribution in [0.4, 0.5) is 0 Å². The van der Waals surface area contributed by atoms with E-state index >= 15 is 0 Å². The molecule has 5 heteroatoms. The number of rotatable bonds is 0. The molecule has 108 valence electrons. The van der Waals surface area contributed by atoms with Gasteiger partial charge in [0.05, 0.1) is 0 Å². The maximum absolute atomic E-state index is 10.3. The third-order valence-electron chi connectivity index (χ3n) is 2.65. The van der Waals surface area contributed by atoms with Crippen molar-refractivity contribution < 1.29 is 19.5 Å². The molecule has 0 aliphatic rings. The molecule has 19 heavy (non-hydrogen) atoms. The lowest BCUT2D eigenvalue weighted by atomic mass is 9.80. The van der Waals surface area contributed by atoms with Crippen molar-refractivity contribution in [3.63, 3.8) is 0 Å². The van der Waals surface area contributed by atoms with Crippen molar-refractivity contribution in [1.29, 1.82) is 0 Å². The third-order valence-corrected chi connectivity index (χ3v) is 2.65. The normalized spacial score (nSPS) is 11.6. The lowest BCUT2D eigenvalue weighted by Crippen LogP contribution is -2.16. The molecule has 1 aromatic rings. The zero-order valence-electron chi connectivity index (χ0n) is 12.4. The smallest absolute Gasteiger partial charge is 0.507 e. The van der Waals surface area contributed by atoms with Crippen molar-refractivity contribution in [1.82, 2.24) is 0 Å². The molecule has 0 saturated heterocycles. The van der Waals surface area contributed by atoms with E-state index in [-0.39, 0.29) is 10.8 Å². The fourth-order valence-electron chi connectivity index (χ4n) is 1.75. The Morgan fingerprint density at radius 3 is 1.37 bits per heavy atom. The number of hydrogen-bond donors (Lipinski definition) is 3. The van der Waals surface area contributed by atoms with E-state index in [2.05, 4.69) is 41.5 Å². The Balaban J connectivity index is 0.000000711. The average molecular weight is 287 g/mol. The van der Waals surface area contributed by atoms with Crippen LogP contribution in [-0.2, 0) is 15.4 Å². The van der Waals surface area contributed by atoms with Crippen molar-refractivity contribution >= 4 is 8.25 Å². The van der Waals surface area contributed by atoms with E-state index in [9.17, 15) is 5.11 Å². The first-order valence-electron chi connectivity index (χ1n) is 6.05. The predicted molar refractivity (Wildman–Crippen MR) is 77.6 cm³/mol. The average Bonchev–Trinajstić information content (AvgIpc) is 2.12. The summed E-state index contributed by atoms with van der Waals surface area (Å²) in [7, 11) is -2.87. The van der Waals surface area contributed by atoms with Gasteiger partial charge in [0, 0.05) is 4.57 Å². The molecule has 0 aliphatic carbocycles. The lowest BCUT2D eigenvalue weighted by molar-refractivity contribution is 0.405. The minimum atomic E-state index is -2.87. The summed E-state index contributed by atoms with van der Waals surface area (Å²) in [5, 5.41) is 10.3. The zero-order chi connectivity index (χ0) is 15.4. The number of benzene rings is 1. The molecule has 0 bridgehead atoms. The summed E-state index contributed by atoms with van der Waals surface area (Å²) in [6.45, 7) is 12.7. The van der Waals surface area contributed by atoms with Crippen LogP contribution >= 0.6 is 8.25 Å². The van der Waals surface area contributed by atoms with Gasteiger partial charge in [-0.05, 0) is 22.0 Å². The van der Waals surface area contributed by atoms with E-state index in [1.807, 2.05) is 18.2 Å². The van der Waals surface area contributed by atoms with E-state index in [0.717, 1.165) is 11.1 Å². The topological polar surface area (TPSA) is 77.8 Å². The molecule has 1 aromatic carbocycles. The minimum Gasteiger partial charge on any atom is -0.507 e. The molecule has 0 atom stereocenters. The van der Waals surface area contributed by atoms with Gasteiger partial charge >= 0.3 is 8.25 Å². The van der Waals surface area contributed by atoms with Crippen LogP contribution in [0.3, 0.4) is 0 Å². The molecular formula is C14H24O4P+. The summed E-state index contributed by atoms with van der Waals surface area (Å²) in [6, 6.07) is 6.04. The highest BCUT2D eigenvalue weighted by Crippen LogP contribution is 2.38. The summed E-state index contributed by atoms with van der Waals surface area (Å²) in [6.07, 6.45) is 0. The molecule has 3 N–H and O–H groups in total. The summed E-state index contributed by atoms with van der Waals surface area (Å²) >= 11 is 0. The van der Waals surface area contributed by atoms with Crippen LogP contribution in [0.1, 0.15) is 52.7 Å². The van der Waals surface area contributed by atoms with Crippen molar-refractivity contribution in [2.75, 3.05) is 0 Å². The van der Waals surface area contributed by atoms with E-state index in [4.69, 9.17) is 14.4 Å². The van der Waals surface area contributed by atoms with Crippen LogP contribution in [0.2, 0.25) is 0 Å². The van der Waals surface area contributed by atoms with E-state index in [0.29, 0.717) is 5.75 Å². The first-order valence-corrected chi connectivity index (χ1v) is 7.22. The molecule has 0 spiro atoms. The van der Waals surface area contributed by atoms with E-state index in [1.54, 1.807) is 0 Å². The van der Waals surface area contributed by atoms with Gasteiger partial charge in [-0.25, -0.2) is 0 Å². The van der Waals surface area contributed by atoms with Crippen molar-refractivity contribution in [3.8, 4) is 5.75 Å². The van der Waals surface area contributed by atoms with Crippen LogP contribution in [0.5, 0.6) is 5.75 Å². The predicted octanol–water partition coefficient (Wildman–Crippen LogP) is 3.62. The van der Waals surface area contributed by atoms with Gasteiger partial charge in [0.25, 0.3) is 0 Å². The highest BCUT2D eigenvalue weighted by atomic mass is 31.1. The fourth-order valence-corrected chi connectivity index (χ4v) is 1.75. The Kier molecular flexibility index (Phi) is 6.14. The largest absolute Gasteiger partial charge is 0.692 e. The number of aromatic hydroxyl groups is 1. The molecule has 0 heterocycles. The summed E-state index contributed by atoms with van der Waals surface area (Å²) in [5.74, 6) is 0.456. The molecule has 0 saturated carbocycles. The first kappa shape index (κ1) is 18.0. The second-order valence-corrected chi connectivity index (χ2v) is 6.96. The Bertz CT molecular complexity index is 405. The van der Waals surface area contributed by atoms with Crippen molar-refractivity contribution in [2.24, 2.45) is 0 Å².